The number of hydrogen-bond donors (Lipinski definition) is 2. The number of hydrogen-bond acceptors (Lipinski definition) is 3. The smallest absolute Gasteiger partial charge is 0.409 e. The fourth-order valence-electron chi connectivity index (χ4n) is 0.657. The van der Waals surface area contributed by atoms with Crippen molar-refractivity contribution in [1.29, 1.82) is 5.26 Å². The fraction of sp³-hybridized carbons (Fsp3) is 0. The van der Waals surface area contributed by atoms with Crippen LogP contribution < -0.4 is 5.32 Å². The Hall–Kier alpha value is -2.09. The topological polar surface area (TPSA) is 86.0 Å². The second kappa shape index (κ2) is 3.34. The Morgan fingerprint density at radius 3 is 2.83 bits per heavy atom. The zero-order valence-corrected chi connectivity index (χ0v) is 5.98. The lowest BCUT2D eigenvalue weighted by atomic mass is 10.3. The predicted molar refractivity (Wildman–Crippen MR) is 40.6 cm³/mol. The summed E-state index contributed by atoms with van der Waals surface area (Å²) in [4.78, 5) is 13.8. The Bertz CT molecular complexity index is 325. The predicted octanol–water partition coefficient (Wildman–Crippen LogP) is 1.04. The van der Waals surface area contributed by atoms with Gasteiger partial charge in [-0.2, -0.15) is 5.26 Å². The van der Waals surface area contributed by atoms with Crippen molar-refractivity contribution in [3.05, 3.63) is 24.0 Å². The normalized spacial score (nSPS) is 8.58. The summed E-state index contributed by atoms with van der Waals surface area (Å²) in [6.45, 7) is 0. The summed E-state index contributed by atoms with van der Waals surface area (Å²) in [6, 6.07) is 4.73. The first-order valence-corrected chi connectivity index (χ1v) is 3.08. The van der Waals surface area contributed by atoms with Gasteiger partial charge in [0.05, 0.1) is 11.9 Å². The van der Waals surface area contributed by atoms with Crippen molar-refractivity contribution < 1.29 is 9.90 Å². The number of carbonyl (C=O) groups is 1. The number of nitrogens with one attached hydrogen (secondary N) is 1. The Kier molecular flexibility index (Phi) is 2.23. The average molecular weight is 163 g/mol. The maximum atomic E-state index is 10.1. The number of nitriles is 1. The summed E-state index contributed by atoms with van der Waals surface area (Å²) < 4.78 is 0. The van der Waals surface area contributed by atoms with E-state index in [9.17, 15) is 4.79 Å². The van der Waals surface area contributed by atoms with Crippen LogP contribution in [0.4, 0.5) is 10.5 Å². The van der Waals surface area contributed by atoms with Crippen LogP contribution >= 0.6 is 0 Å². The van der Waals surface area contributed by atoms with Gasteiger partial charge in [-0.15, -0.1) is 0 Å². The maximum absolute atomic E-state index is 10.1. The molecule has 1 aromatic heterocycles. The second-order valence-corrected chi connectivity index (χ2v) is 1.97. The molecule has 0 spiro atoms. The molecule has 0 bridgehead atoms. The molecule has 0 aliphatic carbocycles. The highest BCUT2D eigenvalue weighted by Crippen LogP contribution is 2.04. The quantitative estimate of drug-likeness (QED) is 0.647. The minimum absolute atomic E-state index is 0.255. The highest BCUT2D eigenvalue weighted by molar-refractivity contribution is 5.82. The maximum Gasteiger partial charge on any atom is 0.409 e. The molecule has 5 heteroatoms. The number of amides is 1. The van der Waals surface area contributed by atoms with Crippen molar-refractivity contribution in [3.63, 3.8) is 0 Å². The van der Waals surface area contributed by atoms with Gasteiger partial charge in [-0.3, -0.25) is 5.32 Å². The van der Waals surface area contributed by atoms with E-state index in [4.69, 9.17) is 10.4 Å². The molecule has 1 aromatic rings. The Balaban J connectivity index is 2.80. The van der Waals surface area contributed by atoms with Gasteiger partial charge < -0.3 is 5.11 Å². The van der Waals surface area contributed by atoms with Crippen LogP contribution in [0.2, 0.25) is 0 Å². The van der Waals surface area contributed by atoms with E-state index < -0.39 is 6.09 Å². The van der Waals surface area contributed by atoms with E-state index in [2.05, 4.69) is 10.3 Å². The van der Waals surface area contributed by atoms with Crippen LogP contribution in [0.15, 0.2) is 18.3 Å². The van der Waals surface area contributed by atoms with Crippen LogP contribution in [0, 0.1) is 11.3 Å². The van der Waals surface area contributed by atoms with Crippen LogP contribution in [0.1, 0.15) is 5.69 Å². The standard InChI is InChI=1S/C7H5N3O2/c8-3-5-1-2-6(4-9-5)10-7(11)12/h1-2,4,10H,(H,11,12). The van der Waals surface area contributed by atoms with E-state index >= 15 is 0 Å². The molecule has 0 fully saturated rings. The van der Waals surface area contributed by atoms with Crippen molar-refractivity contribution in [2.24, 2.45) is 0 Å². The molecule has 5 nitrogen and oxygen atoms in total. The lowest BCUT2D eigenvalue weighted by molar-refractivity contribution is 0.209. The minimum atomic E-state index is -1.15. The molecule has 1 amide bonds. The zero-order valence-electron chi connectivity index (χ0n) is 5.98. The van der Waals surface area contributed by atoms with E-state index in [1.165, 1.54) is 18.3 Å². The number of carboxylic acid groups (broad SMARTS) is 1. The van der Waals surface area contributed by atoms with Gasteiger partial charge in [0.15, 0.2) is 0 Å². The highest BCUT2D eigenvalue weighted by atomic mass is 16.4. The number of pyridine rings is 1. The number of nitrogens with zero attached hydrogens (tertiary/aromatic N) is 2. The third kappa shape index (κ3) is 1.95. The lowest BCUT2D eigenvalue weighted by Crippen LogP contribution is -2.07. The first-order valence-electron chi connectivity index (χ1n) is 3.08. The Morgan fingerprint density at radius 1 is 1.67 bits per heavy atom. The minimum Gasteiger partial charge on any atom is -0.465 e. The van der Waals surface area contributed by atoms with Crippen molar-refractivity contribution in [3.8, 4) is 6.07 Å². The van der Waals surface area contributed by atoms with Gasteiger partial charge in [-0.1, -0.05) is 0 Å². The molecule has 0 saturated carbocycles. The van der Waals surface area contributed by atoms with Gasteiger partial charge in [0.1, 0.15) is 11.8 Å². The fourth-order valence-corrected chi connectivity index (χ4v) is 0.657. The van der Waals surface area contributed by atoms with Crippen molar-refractivity contribution in [1.82, 2.24) is 4.98 Å². The molecule has 12 heavy (non-hydrogen) atoms. The van der Waals surface area contributed by atoms with Gasteiger partial charge in [0.25, 0.3) is 0 Å². The van der Waals surface area contributed by atoms with Gasteiger partial charge in [0, 0.05) is 0 Å². The average Bonchev–Trinajstić information content (AvgIpc) is 2.05. The summed E-state index contributed by atoms with van der Waals surface area (Å²) in [5.74, 6) is 0. The van der Waals surface area contributed by atoms with Gasteiger partial charge in [-0.05, 0) is 12.1 Å². The largest absolute Gasteiger partial charge is 0.465 e. The monoisotopic (exact) mass is 163 g/mol. The molecule has 0 atom stereocenters. The molecule has 2 N–H and O–H groups in total. The van der Waals surface area contributed by atoms with Crippen LogP contribution in [-0.2, 0) is 0 Å². The van der Waals surface area contributed by atoms with Gasteiger partial charge in [-0.25, -0.2) is 9.78 Å². The lowest BCUT2D eigenvalue weighted by Gasteiger charge is -1.97. The summed E-state index contributed by atoms with van der Waals surface area (Å²) in [5, 5.41) is 18.8. The van der Waals surface area contributed by atoms with E-state index in [1.807, 2.05) is 6.07 Å². The van der Waals surface area contributed by atoms with Gasteiger partial charge in [0.2, 0.25) is 0 Å². The molecule has 1 heterocycles. The SMILES string of the molecule is N#Cc1ccc(NC(=O)O)cn1. The highest BCUT2D eigenvalue weighted by Gasteiger charge is 1.97. The number of rotatable bonds is 1. The summed E-state index contributed by atoms with van der Waals surface area (Å²) in [5.41, 5.74) is 0.604. The molecular formula is C7H5N3O2. The van der Waals surface area contributed by atoms with Crippen LogP contribution in [0.5, 0.6) is 0 Å². The Morgan fingerprint density at radius 2 is 2.42 bits per heavy atom. The molecule has 1 rings (SSSR count). The molecule has 60 valence electrons. The van der Waals surface area contributed by atoms with Crippen LogP contribution in [0.25, 0.3) is 0 Å². The molecule has 0 saturated heterocycles. The molecule has 0 aliphatic rings. The molecule has 0 unspecified atom stereocenters. The number of anilines is 1. The second-order valence-electron chi connectivity index (χ2n) is 1.97. The first-order chi connectivity index (χ1) is 5.72. The van der Waals surface area contributed by atoms with Crippen LogP contribution in [0.3, 0.4) is 0 Å². The molecule has 0 aromatic carbocycles. The van der Waals surface area contributed by atoms with Gasteiger partial charge >= 0.3 is 6.09 Å². The van der Waals surface area contributed by atoms with E-state index in [0.717, 1.165) is 0 Å². The van der Waals surface area contributed by atoms with Crippen molar-refractivity contribution in [2.45, 2.75) is 0 Å². The summed E-state index contributed by atoms with van der Waals surface area (Å²) in [6.07, 6.45) is 0.133. The Labute approximate surface area is 68.3 Å². The summed E-state index contributed by atoms with van der Waals surface area (Å²) >= 11 is 0. The molecular weight excluding hydrogens is 158 g/mol. The zero-order chi connectivity index (χ0) is 8.97. The third-order valence-corrected chi connectivity index (χ3v) is 1.13. The summed E-state index contributed by atoms with van der Waals surface area (Å²) in [7, 11) is 0. The van der Waals surface area contributed by atoms with Crippen LogP contribution in [-0.4, -0.2) is 16.2 Å². The van der Waals surface area contributed by atoms with E-state index in [0.29, 0.717) is 5.69 Å². The molecule has 0 radical (unpaired) electrons. The van der Waals surface area contributed by atoms with E-state index in [-0.39, 0.29) is 5.69 Å². The molecule has 0 aliphatic heterocycles. The first kappa shape index (κ1) is 8.01. The third-order valence-electron chi connectivity index (χ3n) is 1.13. The number of aromatic nitrogens is 1. The van der Waals surface area contributed by atoms with Crippen molar-refractivity contribution in [2.75, 3.05) is 5.32 Å². The van der Waals surface area contributed by atoms with Crippen molar-refractivity contribution >= 4 is 11.8 Å². The van der Waals surface area contributed by atoms with E-state index in [1.54, 1.807) is 0 Å².